The van der Waals surface area contributed by atoms with E-state index in [2.05, 4.69) is 19.1 Å². The van der Waals surface area contributed by atoms with Gasteiger partial charge < -0.3 is 14.9 Å². The van der Waals surface area contributed by atoms with Crippen LogP contribution in [-0.4, -0.2) is 23.4 Å². The van der Waals surface area contributed by atoms with Gasteiger partial charge in [-0.05, 0) is 66.7 Å². The molecule has 0 radical (unpaired) electrons. The maximum atomic E-state index is 10.3. The van der Waals surface area contributed by atoms with Crippen molar-refractivity contribution < 1.29 is 14.9 Å². The Morgan fingerprint density at radius 3 is 2.82 bits per heavy atom. The summed E-state index contributed by atoms with van der Waals surface area (Å²) >= 11 is 0. The van der Waals surface area contributed by atoms with E-state index in [1.807, 2.05) is 12.2 Å². The lowest BCUT2D eigenvalue weighted by molar-refractivity contribution is -0.0175. The van der Waals surface area contributed by atoms with Crippen LogP contribution in [0.5, 0.6) is 0 Å². The van der Waals surface area contributed by atoms with Gasteiger partial charge in [-0.3, -0.25) is 0 Å². The molecule has 0 aromatic carbocycles. The highest BCUT2D eigenvalue weighted by Gasteiger charge is 2.52. The topological polar surface area (TPSA) is 49.7 Å². The maximum absolute atomic E-state index is 10.3. The zero-order valence-electron chi connectivity index (χ0n) is 13.4. The van der Waals surface area contributed by atoms with Gasteiger partial charge in [-0.25, -0.2) is 0 Å². The number of aliphatic hydroxyl groups excluding tert-OH is 2. The van der Waals surface area contributed by atoms with Gasteiger partial charge >= 0.3 is 0 Å². The van der Waals surface area contributed by atoms with Gasteiger partial charge in [0.2, 0.25) is 0 Å². The average Bonchev–Trinajstić information content (AvgIpc) is 2.82. The summed E-state index contributed by atoms with van der Waals surface area (Å²) in [7, 11) is 1.66. The van der Waals surface area contributed by atoms with Crippen molar-refractivity contribution in [2.24, 2.45) is 23.2 Å². The smallest absolute Gasteiger partial charge is 0.0827 e. The predicted molar refractivity (Wildman–Crippen MR) is 87.1 cm³/mol. The van der Waals surface area contributed by atoms with E-state index in [0.717, 1.165) is 31.9 Å². The van der Waals surface area contributed by atoms with E-state index in [-0.39, 0.29) is 11.5 Å². The molecule has 0 heterocycles. The fourth-order valence-corrected chi connectivity index (χ4v) is 4.85. The van der Waals surface area contributed by atoms with Gasteiger partial charge in [0.05, 0.1) is 25.7 Å². The fraction of sp³-hybridized carbons (Fsp3) is 0.579. The van der Waals surface area contributed by atoms with Crippen molar-refractivity contribution in [3.8, 4) is 0 Å². The molecule has 3 heteroatoms. The van der Waals surface area contributed by atoms with E-state index in [0.29, 0.717) is 17.8 Å². The summed E-state index contributed by atoms with van der Waals surface area (Å²) in [4.78, 5) is 0. The third-order valence-corrected chi connectivity index (χ3v) is 6.09. The Hall–Kier alpha value is -1.48. The molecule has 0 saturated heterocycles. The van der Waals surface area contributed by atoms with Crippen LogP contribution in [0.2, 0.25) is 0 Å². The minimum Gasteiger partial charge on any atom is -0.516 e. The summed E-state index contributed by atoms with van der Waals surface area (Å²) in [6.45, 7) is 2.23. The molecule has 3 rings (SSSR count). The second-order valence-corrected chi connectivity index (χ2v) is 7.04. The van der Waals surface area contributed by atoms with E-state index < -0.39 is 0 Å². The largest absolute Gasteiger partial charge is 0.516 e. The lowest BCUT2D eigenvalue weighted by Gasteiger charge is -2.50. The number of ether oxygens (including phenoxy) is 1. The fourth-order valence-electron chi connectivity index (χ4n) is 4.85. The number of hydrogen-bond acceptors (Lipinski definition) is 3. The third-order valence-electron chi connectivity index (χ3n) is 6.09. The van der Waals surface area contributed by atoms with Crippen LogP contribution in [0.25, 0.3) is 0 Å². The second kappa shape index (κ2) is 5.96. The molecule has 0 spiro atoms. The van der Waals surface area contributed by atoms with Crippen LogP contribution in [0, 0.1) is 23.2 Å². The van der Waals surface area contributed by atoms with Crippen molar-refractivity contribution in [1.29, 1.82) is 0 Å². The number of aliphatic hydroxyl groups is 2. The highest BCUT2D eigenvalue weighted by Crippen LogP contribution is 2.57. The number of fused-ring (bicyclic) bond motifs is 3. The molecule has 0 bridgehead atoms. The molecule has 3 nitrogen and oxygen atoms in total. The number of methoxy groups -OCH3 is 1. The van der Waals surface area contributed by atoms with Crippen LogP contribution in [0.15, 0.2) is 48.0 Å². The molecule has 22 heavy (non-hydrogen) atoms. The Labute approximate surface area is 132 Å². The molecule has 0 aromatic heterocycles. The van der Waals surface area contributed by atoms with Crippen LogP contribution >= 0.6 is 0 Å². The van der Waals surface area contributed by atoms with Crippen molar-refractivity contribution >= 4 is 0 Å². The molecule has 120 valence electrons. The summed E-state index contributed by atoms with van der Waals surface area (Å²) in [6.07, 6.45) is 14.9. The van der Waals surface area contributed by atoms with Crippen LogP contribution in [0.4, 0.5) is 0 Å². The molecule has 3 aliphatic rings. The molecule has 3 aliphatic carbocycles. The third kappa shape index (κ3) is 2.32. The van der Waals surface area contributed by atoms with E-state index in [1.165, 1.54) is 11.1 Å². The number of rotatable bonds is 3. The van der Waals surface area contributed by atoms with Gasteiger partial charge in [0.1, 0.15) is 0 Å². The lowest BCUT2D eigenvalue weighted by atomic mass is 9.55. The van der Waals surface area contributed by atoms with E-state index in [1.54, 1.807) is 13.4 Å². The van der Waals surface area contributed by atoms with Crippen molar-refractivity contribution in [2.45, 2.75) is 38.7 Å². The normalized spacial score (nSPS) is 41.2. The van der Waals surface area contributed by atoms with Crippen LogP contribution in [0.1, 0.15) is 32.6 Å². The highest BCUT2D eigenvalue weighted by molar-refractivity contribution is 5.38. The summed E-state index contributed by atoms with van der Waals surface area (Å²) in [5.41, 5.74) is 2.50. The summed E-state index contributed by atoms with van der Waals surface area (Å²) in [6, 6.07) is 0. The molecule has 5 atom stereocenters. The highest BCUT2D eigenvalue weighted by atomic mass is 16.5. The molecular weight excluding hydrogens is 276 g/mol. The number of hydrogen-bond donors (Lipinski definition) is 2. The second-order valence-electron chi connectivity index (χ2n) is 7.04. The molecule has 1 fully saturated rings. The van der Waals surface area contributed by atoms with Gasteiger partial charge in [-0.15, -0.1) is 0 Å². The molecule has 0 aromatic rings. The predicted octanol–water partition coefficient (Wildman–Crippen LogP) is 3.89. The summed E-state index contributed by atoms with van der Waals surface area (Å²) in [5.74, 6) is 1.51. The summed E-state index contributed by atoms with van der Waals surface area (Å²) < 4.78 is 5.12. The van der Waals surface area contributed by atoms with Crippen molar-refractivity contribution in [2.75, 3.05) is 7.11 Å². The zero-order chi connectivity index (χ0) is 15.7. The minimum absolute atomic E-state index is 0.00156. The van der Waals surface area contributed by atoms with E-state index >= 15 is 0 Å². The molecule has 4 unspecified atom stereocenters. The quantitative estimate of drug-likeness (QED) is 0.614. The van der Waals surface area contributed by atoms with Gasteiger partial charge in [0.25, 0.3) is 0 Å². The Balaban J connectivity index is 1.95. The monoisotopic (exact) mass is 302 g/mol. The van der Waals surface area contributed by atoms with E-state index in [4.69, 9.17) is 9.84 Å². The summed E-state index contributed by atoms with van der Waals surface area (Å²) in [5, 5.41) is 19.5. The standard InChI is InChI=1S/C19H26O3/c1-19-10-7-15-14(9-12-22-2)13(8-11-20)3-4-16(15)17(19)5-6-18(19)21/h5-6,8-9,11-12,15-18,20-21H,3-4,7,10H2,1-2H3/b11-8+,12-9+/t15?,16?,17?,18?,19-/m0/s1. The molecular formula is C19H26O3. The van der Waals surface area contributed by atoms with Crippen molar-refractivity contribution in [3.63, 3.8) is 0 Å². The maximum Gasteiger partial charge on any atom is 0.0827 e. The van der Waals surface area contributed by atoms with Gasteiger partial charge in [-0.2, -0.15) is 0 Å². The molecule has 0 amide bonds. The first-order valence-corrected chi connectivity index (χ1v) is 8.21. The average molecular weight is 302 g/mol. The molecule has 2 N–H and O–H groups in total. The molecule has 0 aliphatic heterocycles. The SMILES string of the molecule is CO/C=C/C1=C(/C=C/O)CCC2C1CC[C@]1(C)C(O)C=CC21. The van der Waals surface area contributed by atoms with Crippen molar-refractivity contribution in [3.05, 3.63) is 48.0 Å². The van der Waals surface area contributed by atoms with Gasteiger partial charge in [0.15, 0.2) is 0 Å². The molecule has 1 saturated carbocycles. The van der Waals surface area contributed by atoms with Crippen LogP contribution in [-0.2, 0) is 4.74 Å². The Morgan fingerprint density at radius 2 is 2.09 bits per heavy atom. The first-order chi connectivity index (χ1) is 10.6. The van der Waals surface area contributed by atoms with Crippen LogP contribution < -0.4 is 0 Å². The Morgan fingerprint density at radius 1 is 1.27 bits per heavy atom. The Bertz CT molecular complexity index is 543. The van der Waals surface area contributed by atoms with Gasteiger partial charge in [0, 0.05) is 5.41 Å². The first kappa shape index (κ1) is 15.4. The lowest BCUT2D eigenvalue weighted by Crippen LogP contribution is -2.45. The van der Waals surface area contributed by atoms with Crippen molar-refractivity contribution in [1.82, 2.24) is 0 Å². The van der Waals surface area contributed by atoms with E-state index in [9.17, 15) is 5.11 Å². The minimum atomic E-state index is -0.306. The van der Waals surface area contributed by atoms with Crippen LogP contribution in [0.3, 0.4) is 0 Å². The zero-order valence-corrected chi connectivity index (χ0v) is 13.4. The Kier molecular flexibility index (Phi) is 4.18. The number of allylic oxidation sites excluding steroid dienone is 5. The first-order valence-electron chi connectivity index (χ1n) is 8.21. The van der Waals surface area contributed by atoms with Gasteiger partial charge in [-0.1, -0.05) is 19.1 Å².